The van der Waals surface area contributed by atoms with E-state index in [4.69, 9.17) is 0 Å². The van der Waals surface area contributed by atoms with Crippen molar-refractivity contribution in [2.45, 2.75) is 13.0 Å². The fourth-order valence-corrected chi connectivity index (χ4v) is 3.49. The van der Waals surface area contributed by atoms with Crippen LogP contribution in [0.25, 0.3) is 0 Å². The van der Waals surface area contributed by atoms with Crippen LogP contribution in [-0.2, 0) is 0 Å². The maximum absolute atomic E-state index is 13.9. The molecule has 0 saturated carbocycles. The summed E-state index contributed by atoms with van der Waals surface area (Å²) in [5.74, 6) is -0.188. The van der Waals surface area contributed by atoms with E-state index in [1.165, 1.54) is 11.6 Å². The van der Waals surface area contributed by atoms with Crippen LogP contribution >= 0.6 is 27.3 Å². The number of hydrogen-bond donors (Lipinski definition) is 1. The Kier molecular flexibility index (Phi) is 3.97. The fraction of sp³-hybridized carbons (Fsp3) is 0.231. The van der Waals surface area contributed by atoms with Gasteiger partial charge in [0.05, 0.1) is 6.04 Å². The average Bonchev–Trinajstić information content (AvgIpc) is 2.70. The van der Waals surface area contributed by atoms with E-state index in [1.807, 2.05) is 25.4 Å². The standard InChI is InChI=1S/C13H13BrFNS/c1-8-6-7-17-13(8)12(16-2)11-9(14)4-3-5-10(11)15/h3-7,12,16H,1-2H3. The van der Waals surface area contributed by atoms with E-state index in [0.29, 0.717) is 5.56 Å². The topological polar surface area (TPSA) is 12.0 Å². The van der Waals surface area contributed by atoms with Gasteiger partial charge in [-0.25, -0.2) is 4.39 Å². The molecule has 0 amide bonds. The van der Waals surface area contributed by atoms with Crippen molar-refractivity contribution < 1.29 is 4.39 Å². The van der Waals surface area contributed by atoms with E-state index in [1.54, 1.807) is 17.4 Å². The number of thiophene rings is 1. The molecule has 0 saturated heterocycles. The highest BCUT2D eigenvalue weighted by Crippen LogP contribution is 2.34. The molecular weight excluding hydrogens is 301 g/mol. The van der Waals surface area contributed by atoms with E-state index in [9.17, 15) is 4.39 Å². The van der Waals surface area contributed by atoms with Crippen molar-refractivity contribution in [3.63, 3.8) is 0 Å². The number of hydrogen-bond acceptors (Lipinski definition) is 2. The largest absolute Gasteiger partial charge is 0.309 e. The lowest BCUT2D eigenvalue weighted by Gasteiger charge is -2.18. The van der Waals surface area contributed by atoms with Crippen LogP contribution in [0, 0.1) is 12.7 Å². The van der Waals surface area contributed by atoms with Gasteiger partial charge in [0.2, 0.25) is 0 Å². The Hall–Kier alpha value is -0.710. The molecule has 17 heavy (non-hydrogen) atoms. The van der Waals surface area contributed by atoms with Crippen LogP contribution in [-0.4, -0.2) is 7.05 Å². The Labute approximate surface area is 113 Å². The van der Waals surface area contributed by atoms with Crippen LogP contribution in [0.2, 0.25) is 0 Å². The molecule has 1 aromatic heterocycles. The van der Waals surface area contributed by atoms with Gasteiger partial charge in [-0.3, -0.25) is 0 Å². The zero-order valence-electron chi connectivity index (χ0n) is 9.63. The van der Waals surface area contributed by atoms with E-state index in [2.05, 4.69) is 27.3 Å². The summed E-state index contributed by atoms with van der Waals surface area (Å²) in [6.45, 7) is 2.05. The van der Waals surface area contributed by atoms with Crippen LogP contribution in [0.1, 0.15) is 22.0 Å². The molecule has 0 aliphatic heterocycles. The normalized spacial score (nSPS) is 12.7. The Morgan fingerprint density at radius 2 is 2.12 bits per heavy atom. The zero-order chi connectivity index (χ0) is 12.4. The third-order valence-electron chi connectivity index (χ3n) is 2.74. The fourth-order valence-electron chi connectivity index (χ4n) is 1.87. The van der Waals surface area contributed by atoms with Crippen LogP contribution in [0.3, 0.4) is 0 Å². The third kappa shape index (κ3) is 2.44. The van der Waals surface area contributed by atoms with E-state index in [0.717, 1.165) is 9.35 Å². The van der Waals surface area contributed by atoms with Gasteiger partial charge in [-0.1, -0.05) is 22.0 Å². The van der Waals surface area contributed by atoms with E-state index < -0.39 is 0 Å². The number of rotatable bonds is 3. The molecule has 0 spiro atoms. The summed E-state index contributed by atoms with van der Waals surface area (Å²) in [6.07, 6.45) is 0. The molecule has 0 fully saturated rings. The molecular formula is C13H13BrFNS. The molecule has 4 heteroatoms. The highest BCUT2D eigenvalue weighted by atomic mass is 79.9. The first-order chi connectivity index (χ1) is 8.15. The summed E-state index contributed by atoms with van der Waals surface area (Å²) < 4.78 is 14.7. The summed E-state index contributed by atoms with van der Waals surface area (Å²) in [4.78, 5) is 1.15. The molecule has 1 heterocycles. The second-order valence-corrected chi connectivity index (χ2v) is 5.63. The third-order valence-corrected chi connectivity index (χ3v) is 4.52. The van der Waals surface area contributed by atoms with Crippen molar-refractivity contribution in [1.82, 2.24) is 5.32 Å². The number of benzene rings is 1. The van der Waals surface area contributed by atoms with Crippen LogP contribution in [0.5, 0.6) is 0 Å². The highest BCUT2D eigenvalue weighted by molar-refractivity contribution is 9.10. The van der Waals surface area contributed by atoms with Crippen molar-refractivity contribution in [2.75, 3.05) is 7.05 Å². The van der Waals surface area contributed by atoms with Crippen LogP contribution in [0.4, 0.5) is 4.39 Å². The minimum Gasteiger partial charge on any atom is -0.309 e. The molecule has 1 N–H and O–H groups in total. The number of halogens is 2. The Morgan fingerprint density at radius 3 is 2.65 bits per heavy atom. The molecule has 1 aromatic carbocycles. The van der Waals surface area contributed by atoms with Gasteiger partial charge in [0.15, 0.2) is 0 Å². The summed E-state index contributed by atoms with van der Waals surface area (Å²) in [7, 11) is 1.85. The second-order valence-electron chi connectivity index (χ2n) is 3.82. The van der Waals surface area contributed by atoms with Gasteiger partial charge in [0.25, 0.3) is 0 Å². The van der Waals surface area contributed by atoms with Gasteiger partial charge in [0, 0.05) is 14.9 Å². The van der Waals surface area contributed by atoms with Gasteiger partial charge in [-0.15, -0.1) is 11.3 Å². The van der Waals surface area contributed by atoms with Crippen molar-refractivity contribution in [3.8, 4) is 0 Å². The van der Waals surface area contributed by atoms with Crippen molar-refractivity contribution in [1.29, 1.82) is 0 Å². The van der Waals surface area contributed by atoms with Crippen molar-refractivity contribution >= 4 is 27.3 Å². The molecule has 2 aromatic rings. The summed E-state index contributed by atoms with van der Waals surface area (Å²) in [6, 6.07) is 7.01. The maximum atomic E-state index is 13.9. The van der Waals surface area contributed by atoms with Gasteiger partial charge < -0.3 is 5.32 Å². The highest BCUT2D eigenvalue weighted by Gasteiger charge is 2.21. The zero-order valence-corrected chi connectivity index (χ0v) is 12.0. The first-order valence-electron chi connectivity index (χ1n) is 5.30. The van der Waals surface area contributed by atoms with Gasteiger partial charge in [0.1, 0.15) is 5.82 Å². The Balaban J connectivity index is 2.53. The quantitative estimate of drug-likeness (QED) is 0.892. The predicted octanol–water partition coefficient (Wildman–Crippen LogP) is 4.27. The summed E-state index contributed by atoms with van der Waals surface area (Å²) in [5.41, 5.74) is 1.85. The molecule has 0 bridgehead atoms. The molecule has 0 aliphatic carbocycles. The number of aryl methyl sites for hydroxylation is 1. The van der Waals surface area contributed by atoms with E-state index >= 15 is 0 Å². The van der Waals surface area contributed by atoms with Crippen molar-refractivity contribution in [3.05, 3.63) is 55.9 Å². The first-order valence-corrected chi connectivity index (χ1v) is 6.97. The van der Waals surface area contributed by atoms with Crippen LogP contribution in [0.15, 0.2) is 34.1 Å². The Morgan fingerprint density at radius 1 is 1.35 bits per heavy atom. The minimum absolute atomic E-state index is 0.106. The average molecular weight is 314 g/mol. The second kappa shape index (κ2) is 5.29. The molecule has 1 nitrogen and oxygen atoms in total. The van der Waals surface area contributed by atoms with E-state index in [-0.39, 0.29) is 11.9 Å². The minimum atomic E-state index is -0.188. The lowest BCUT2D eigenvalue weighted by Crippen LogP contribution is -2.19. The first kappa shape index (κ1) is 12.7. The lowest BCUT2D eigenvalue weighted by molar-refractivity contribution is 0.576. The van der Waals surface area contributed by atoms with Crippen LogP contribution < -0.4 is 5.32 Å². The lowest BCUT2D eigenvalue weighted by atomic mass is 10.0. The Bertz CT molecular complexity index is 504. The van der Waals surface area contributed by atoms with Gasteiger partial charge in [-0.2, -0.15) is 0 Å². The molecule has 90 valence electrons. The molecule has 0 radical (unpaired) electrons. The summed E-state index contributed by atoms with van der Waals surface area (Å²) in [5, 5.41) is 5.22. The molecule has 0 aliphatic rings. The van der Waals surface area contributed by atoms with Gasteiger partial charge >= 0.3 is 0 Å². The molecule has 1 atom stereocenters. The predicted molar refractivity (Wildman–Crippen MR) is 74.1 cm³/mol. The van der Waals surface area contributed by atoms with Crippen molar-refractivity contribution in [2.24, 2.45) is 0 Å². The summed E-state index contributed by atoms with van der Waals surface area (Å²) >= 11 is 5.07. The molecule has 2 rings (SSSR count). The smallest absolute Gasteiger partial charge is 0.129 e. The molecule has 1 unspecified atom stereocenters. The SMILES string of the molecule is CNC(c1sccc1C)c1c(F)cccc1Br. The maximum Gasteiger partial charge on any atom is 0.129 e. The van der Waals surface area contributed by atoms with Gasteiger partial charge in [-0.05, 0) is 43.1 Å². The monoisotopic (exact) mass is 313 g/mol. The number of nitrogens with one attached hydrogen (secondary N) is 1.